The molecule has 1 heterocycles. The highest BCUT2D eigenvalue weighted by Gasteiger charge is 2.20. The Hall–Kier alpha value is -2.76. The van der Waals surface area contributed by atoms with Gasteiger partial charge in [-0.05, 0) is 42.5 Å². The third-order valence-corrected chi connectivity index (χ3v) is 5.64. The van der Waals surface area contributed by atoms with E-state index in [9.17, 15) is 9.59 Å². The van der Waals surface area contributed by atoms with Crippen LogP contribution in [-0.2, 0) is 11.2 Å². The van der Waals surface area contributed by atoms with Crippen molar-refractivity contribution in [2.45, 2.75) is 26.3 Å². The fraction of sp³-hybridized carbons (Fsp3) is 0.217. The number of nitrogens with two attached hydrogens (primary N) is 1. The average molecular weight is 394 g/mol. The summed E-state index contributed by atoms with van der Waals surface area (Å²) in [6.07, 6.45) is 1.01. The summed E-state index contributed by atoms with van der Waals surface area (Å²) in [6.45, 7) is 3.95. The van der Waals surface area contributed by atoms with E-state index < -0.39 is 0 Å². The fourth-order valence-corrected chi connectivity index (χ4v) is 3.95. The van der Waals surface area contributed by atoms with Crippen molar-refractivity contribution in [3.8, 4) is 0 Å². The van der Waals surface area contributed by atoms with Crippen LogP contribution in [0.5, 0.6) is 0 Å². The number of benzene rings is 2. The van der Waals surface area contributed by atoms with Gasteiger partial charge in [-0.1, -0.05) is 49.4 Å². The number of amides is 1. The largest absolute Gasteiger partial charge is 0.328 e. The van der Waals surface area contributed by atoms with Gasteiger partial charge >= 0.3 is 0 Å². The van der Waals surface area contributed by atoms with Crippen LogP contribution in [0.3, 0.4) is 0 Å². The number of thiophene rings is 1. The van der Waals surface area contributed by atoms with Crippen molar-refractivity contribution in [2.24, 2.45) is 0 Å². The van der Waals surface area contributed by atoms with Gasteiger partial charge in [0.15, 0.2) is 12.3 Å². The maximum Gasteiger partial charge on any atom is 0.279 e. The predicted octanol–water partition coefficient (Wildman–Crippen LogP) is 3.80. The van der Waals surface area contributed by atoms with Crippen molar-refractivity contribution in [3.63, 3.8) is 0 Å². The van der Waals surface area contributed by atoms with E-state index in [4.69, 9.17) is 0 Å². The van der Waals surface area contributed by atoms with Gasteiger partial charge in [0.2, 0.25) is 0 Å². The minimum Gasteiger partial charge on any atom is -0.328 e. The normalized spacial score (nSPS) is 11.8. The average Bonchev–Trinajstić information content (AvgIpc) is 3.23. The Morgan fingerprint density at radius 2 is 1.86 bits per heavy atom. The highest BCUT2D eigenvalue weighted by molar-refractivity contribution is 7.10. The van der Waals surface area contributed by atoms with Gasteiger partial charge in [0.1, 0.15) is 6.04 Å². The highest BCUT2D eigenvalue weighted by Crippen LogP contribution is 2.23. The van der Waals surface area contributed by atoms with Gasteiger partial charge in [-0.2, -0.15) is 0 Å². The lowest BCUT2D eigenvalue weighted by Gasteiger charge is -2.15. The summed E-state index contributed by atoms with van der Waals surface area (Å²) in [5.74, 6) is -0.108. The first-order valence-corrected chi connectivity index (χ1v) is 10.3. The maximum atomic E-state index is 12.5. The predicted molar refractivity (Wildman–Crippen MR) is 114 cm³/mol. The van der Waals surface area contributed by atoms with E-state index in [0.717, 1.165) is 6.42 Å². The lowest BCUT2D eigenvalue weighted by Crippen LogP contribution is -2.87. The zero-order valence-corrected chi connectivity index (χ0v) is 17.0. The zero-order valence-electron chi connectivity index (χ0n) is 16.1. The molecule has 3 rings (SSSR count). The molecule has 0 radical (unpaired) electrons. The van der Waals surface area contributed by atoms with Gasteiger partial charge in [0.05, 0.1) is 4.88 Å². The van der Waals surface area contributed by atoms with Crippen LogP contribution < -0.4 is 10.6 Å². The second kappa shape index (κ2) is 9.44. The molecule has 0 fully saturated rings. The molecule has 0 spiro atoms. The van der Waals surface area contributed by atoms with E-state index in [0.29, 0.717) is 17.8 Å². The molecule has 1 atom stereocenters. The molecule has 3 N–H and O–H groups in total. The third kappa shape index (κ3) is 5.15. The van der Waals surface area contributed by atoms with Crippen molar-refractivity contribution in [2.75, 3.05) is 11.9 Å². The lowest BCUT2D eigenvalue weighted by molar-refractivity contribution is -0.675. The van der Waals surface area contributed by atoms with Gasteiger partial charge in [-0.25, -0.2) is 0 Å². The Kier molecular flexibility index (Phi) is 6.74. The van der Waals surface area contributed by atoms with Crippen LogP contribution in [0, 0.1) is 0 Å². The molecule has 0 aliphatic heterocycles. The Morgan fingerprint density at radius 1 is 1.07 bits per heavy atom. The number of rotatable bonds is 8. The monoisotopic (exact) mass is 393 g/mol. The molecular weight excluding hydrogens is 368 g/mol. The first-order chi connectivity index (χ1) is 13.6. The van der Waals surface area contributed by atoms with Gasteiger partial charge in [-0.3, -0.25) is 9.59 Å². The Morgan fingerprint density at radius 3 is 2.50 bits per heavy atom. The van der Waals surface area contributed by atoms with Gasteiger partial charge in [0, 0.05) is 16.8 Å². The second-order valence-corrected chi connectivity index (χ2v) is 7.69. The van der Waals surface area contributed by atoms with Crippen molar-refractivity contribution >= 4 is 28.7 Å². The molecule has 3 aromatic rings. The zero-order chi connectivity index (χ0) is 19.9. The number of ketones is 1. The number of carbonyl (C=O) groups is 2. The molecule has 5 heteroatoms. The number of hydrogen-bond donors (Lipinski definition) is 2. The van der Waals surface area contributed by atoms with Crippen LogP contribution in [0.15, 0.2) is 66.0 Å². The number of anilines is 1. The SMILES string of the molecule is CCc1ccc([C@H]([NH2+]CC(=O)Nc2cccc(C(C)=O)c2)c2cccs2)cc1. The van der Waals surface area contributed by atoms with Crippen molar-refractivity contribution in [1.29, 1.82) is 0 Å². The molecule has 0 aliphatic rings. The molecule has 144 valence electrons. The quantitative estimate of drug-likeness (QED) is 0.572. The van der Waals surface area contributed by atoms with E-state index >= 15 is 0 Å². The molecule has 1 aromatic heterocycles. The molecule has 0 bridgehead atoms. The summed E-state index contributed by atoms with van der Waals surface area (Å²) in [7, 11) is 0. The van der Waals surface area contributed by atoms with Gasteiger partial charge in [0.25, 0.3) is 5.91 Å². The van der Waals surface area contributed by atoms with Crippen LogP contribution in [-0.4, -0.2) is 18.2 Å². The number of Topliss-reactive ketones (excluding diaryl/α,β-unsaturated/α-hetero) is 1. The summed E-state index contributed by atoms with van der Waals surface area (Å²) in [5.41, 5.74) is 3.73. The van der Waals surface area contributed by atoms with Crippen molar-refractivity contribution in [3.05, 3.63) is 87.6 Å². The molecule has 0 aliphatic carbocycles. The van der Waals surface area contributed by atoms with Crippen molar-refractivity contribution < 1.29 is 14.9 Å². The Balaban J connectivity index is 1.68. The van der Waals surface area contributed by atoms with Crippen LogP contribution >= 0.6 is 11.3 Å². The minimum atomic E-state index is -0.0903. The van der Waals surface area contributed by atoms with Gasteiger partial charge < -0.3 is 10.6 Å². The van der Waals surface area contributed by atoms with Crippen molar-refractivity contribution in [1.82, 2.24) is 0 Å². The molecule has 28 heavy (non-hydrogen) atoms. The minimum absolute atomic E-state index is 0.0176. The lowest BCUT2D eigenvalue weighted by atomic mass is 10.0. The molecular formula is C23H25N2O2S+. The third-order valence-electron chi connectivity index (χ3n) is 4.69. The molecule has 0 saturated carbocycles. The van der Waals surface area contributed by atoms with Crippen LogP contribution in [0.1, 0.15) is 46.3 Å². The standard InChI is InChI=1S/C23H24N2O2S/c1-3-17-9-11-18(12-10-17)23(21-8-5-13-28-21)24-15-22(27)25-20-7-4-6-19(14-20)16(2)26/h4-14,23-24H,3,15H2,1-2H3,(H,25,27)/p+1/t23-/m0/s1. The molecule has 2 aromatic carbocycles. The smallest absolute Gasteiger partial charge is 0.279 e. The first kappa shape index (κ1) is 20.0. The topological polar surface area (TPSA) is 62.8 Å². The van der Waals surface area contributed by atoms with E-state index in [-0.39, 0.29) is 17.7 Å². The summed E-state index contributed by atoms with van der Waals surface area (Å²) < 4.78 is 0. The van der Waals surface area contributed by atoms with E-state index in [1.165, 1.54) is 22.9 Å². The van der Waals surface area contributed by atoms with Crippen LogP contribution in [0.2, 0.25) is 0 Å². The maximum absolute atomic E-state index is 12.5. The van der Waals surface area contributed by atoms with Crippen LogP contribution in [0.4, 0.5) is 5.69 Å². The summed E-state index contributed by atoms with van der Waals surface area (Å²) in [6, 6.07) is 19.8. The van der Waals surface area contributed by atoms with Crippen LogP contribution in [0.25, 0.3) is 0 Å². The number of carbonyl (C=O) groups excluding carboxylic acids is 2. The second-order valence-electron chi connectivity index (χ2n) is 6.71. The Labute approximate surface area is 169 Å². The molecule has 4 nitrogen and oxygen atoms in total. The highest BCUT2D eigenvalue weighted by atomic mass is 32.1. The number of aryl methyl sites for hydroxylation is 1. The van der Waals surface area contributed by atoms with E-state index in [1.807, 2.05) is 6.07 Å². The van der Waals surface area contributed by atoms with E-state index in [1.54, 1.807) is 35.6 Å². The molecule has 1 amide bonds. The molecule has 0 unspecified atom stereocenters. The molecule has 0 saturated heterocycles. The summed E-state index contributed by atoms with van der Waals surface area (Å²) >= 11 is 1.70. The van der Waals surface area contributed by atoms with E-state index in [2.05, 4.69) is 53.3 Å². The number of nitrogens with one attached hydrogen (secondary N) is 1. The summed E-state index contributed by atoms with van der Waals surface area (Å²) in [5, 5.41) is 7.00. The first-order valence-electron chi connectivity index (χ1n) is 9.43. The fourth-order valence-electron chi connectivity index (χ4n) is 3.10. The number of hydrogen-bond acceptors (Lipinski definition) is 3. The Bertz CT molecular complexity index is 934. The summed E-state index contributed by atoms with van der Waals surface area (Å²) in [4.78, 5) is 25.2. The number of quaternary nitrogens is 1. The van der Waals surface area contributed by atoms with Gasteiger partial charge in [-0.15, -0.1) is 11.3 Å².